The van der Waals surface area contributed by atoms with Gasteiger partial charge in [0.25, 0.3) is 0 Å². The average molecular weight is 282 g/mol. The molecule has 0 bridgehead atoms. The number of hydrogen-bond acceptors (Lipinski definition) is 5. The molecule has 5 nitrogen and oxygen atoms in total. The second-order valence-electron chi connectivity index (χ2n) is 2.05. The summed E-state index contributed by atoms with van der Waals surface area (Å²) >= 11 is 1.78. The van der Waals surface area contributed by atoms with E-state index in [2.05, 4.69) is 0 Å². The molecule has 0 spiro atoms. The van der Waals surface area contributed by atoms with Crippen molar-refractivity contribution in [3.63, 3.8) is 0 Å². The molecule has 0 aliphatic rings. The van der Waals surface area contributed by atoms with E-state index in [4.69, 9.17) is 15.4 Å². The minimum atomic E-state index is -0.232. The van der Waals surface area contributed by atoms with Gasteiger partial charge in [0, 0.05) is 6.07 Å². The van der Waals surface area contributed by atoms with Crippen LogP contribution < -0.4 is 8.81 Å². The number of rotatable bonds is 2. The highest BCUT2D eigenvalue weighted by molar-refractivity contribution is 14.1. The Balaban J connectivity index is 2.96. The van der Waals surface area contributed by atoms with Gasteiger partial charge in [-0.1, -0.05) is 0 Å². The van der Waals surface area contributed by atoms with E-state index in [0.29, 0.717) is 5.69 Å². The molecule has 0 saturated carbocycles. The number of anilines is 1. The smallest absolute Gasteiger partial charge is 0.159 e. The van der Waals surface area contributed by atoms with Gasteiger partial charge in [-0.15, -0.1) is 5.59 Å². The summed E-state index contributed by atoms with van der Waals surface area (Å²) in [5, 5.41) is 26.5. The van der Waals surface area contributed by atoms with Crippen LogP contribution >= 0.6 is 22.9 Å². The van der Waals surface area contributed by atoms with E-state index in [1.54, 1.807) is 22.9 Å². The SMILES string of the molecule is ONN(I)c1ccc(O)c(O)c1. The third kappa shape index (κ3) is 1.90. The lowest BCUT2D eigenvalue weighted by molar-refractivity contribution is 0.180. The highest BCUT2D eigenvalue weighted by Crippen LogP contribution is 2.29. The molecule has 0 aliphatic heterocycles. The minimum Gasteiger partial charge on any atom is -0.504 e. The molecular weight excluding hydrogens is 275 g/mol. The third-order valence-corrected chi connectivity index (χ3v) is 2.05. The summed E-state index contributed by atoms with van der Waals surface area (Å²) in [4.78, 5) is 0. The van der Waals surface area contributed by atoms with E-state index in [1.165, 1.54) is 21.4 Å². The van der Waals surface area contributed by atoms with Crippen molar-refractivity contribution < 1.29 is 15.4 Å². The van der Waals surface area contributed by atoms with E-state index < -0.39 is 0 Å². The topological polar surface area (TPSA) is 76.0 Å². The molecule has 0 amide bonds. The van der Waals surface area contributed by atoms with E-state index in [1.807, 2.05) is 5.59 Å². The van der Waals surface area contributed by atoms with Crippen LogP contribution in [-0.4, -0.2) is 15.4 Å². The van der Waals surface area contributed by atoms with Crippen LogP contribution in [-0.2, 0) is 0 Å². The molecule has 0 fully saturated rings. The molecule has 66 valence electrons. The fraction of sp³-hybridized carbons (Fsp3) is 0. The van der Waals surface area contributed by atoms with E-state index in [9.17, 15) is 0 Å². The van der Waals surface area contributed by atoms with Gasteiger partial charge in [0.2, 0.25) is 0 Å². The number of benzene rings is 1. The largest absolute Gasteiger partial charge is 0.504 e. The summed E-state index contributed by atoms with van der Waals surface area (Å²) in [5.74, 6) is -0.425. The van der Waals surface area contributed by atoms with E-state index >= 15 is 0 Å². The van der Waals surface area contributed by atoms with Gasteiger partial charge in [0.15, 0.2) is 11.5 Å². The predicted octanol–water partition coefficient (Wildman–Crippen LogP) is 1.15. The van der Waals surface area contributed by atoms with Crippen LogP contribution in [0.2, 0.25) is 0 Å². The van der Waals surface area contributed by atoms with Gasteiger partial charge >= 0.3 is 0 Å². The van der Waals surface area contributed by atoms with Gasteiger partial charge in [-0.3, -0.25) is 5.21 Å². The fourth-order valence-electron chi connectivity index (χ4n) is 0.692. The van der Waals surface area contributed by atoms with Crippen molar-refractivity contribution in [2.45, 2.75) is 0 Å². The Bertz CT molecular complexity index is 281. The van der Waals surface area contributed by atoms with Crippen LogP contribution in [0.15, 0.2) is 18.2 Å². The maximum absolute atomic E-state index is 9.06. The molecule has 12 heavy (non-hydrogen) atoms. The number of hydrazine groups is 1. The molecule has 0 heterocycles. The number of hydrogen-bond donors (Lipinski definition) is 4. The third-order valence-electron chi connectivity index (χ3n) is 1.27. The zero-order chi connectivity index (χ0) is 9.14. The molecule has 4 N–H and O–H groups in total. The lowest BCUT2D eigenvalue weighted by Gasteiger charge is -2.13. The molecule has 0 aromatic heterocycles. The van der Waals surface area contributed by atoms with Crippen LogP contribution in [0, 0.1) is 0 Å². The number of nitrogens with one attached hydrogen (secondary N) is 1. The Hall–Kier alpha value is -0.730. The minimum absolute atomic E-state index is 0.193. The van der Waals surface area contributed by atoms with E-state index in [0.717, 1.165) is 0 Å². The first-order valence-corrected chi connectivity index (χ1v) is 3.99. The van der Waals surface area contributed by atoms with Crippen LogP contribution in [0.4, 0.5) is 5.69 Å². The van der Waals surface area contributed by atoms with Crippen molar-refractivity contribution in [3.05, 3.63) is 18.2 Å². The molecule has 1 rings (SSSR count). The highest BCUT2D eigenvalue weighted by atomic mass is 127. The fourth-order valence-corrected chi connectivity index (χ4v) is 0.992. The second-order valence-corrected chi connectivity index (χ2v) is 3.02. The number of nitrogens with zero attached hydrogens (tertiary/aromatic N) is 1. The first-order chi connectivity index (χ1) is 5.65. The zero-order valence-electron chi connectivity index (χ0n) is 5.90. The Morgan fingerprint density at radius 1 is 1.25 bits per heavy atom. The molecule has 0 aliphatic carbocycles. The average Bonchev–Trinajstić information content (AvgIpc) is 2.08. The summed E-state index contributed by atoms with van der Waals surface area (Å²) < 4.78 is 1.25. The summed E-state index contributed by atoms with van der Waals surface area (Å²) in [7, 11) is 0. The predicted molar refractivity (Wildman–Crippen MR) is 51.2 cm³/mol. The molecular formula is C6H7IN2O3. The number of aromatic hydroxyl groups is 2. The summed E-state index contributed by atoms with van der Waals surface area (Å²) in [6, 6.07) is 4.17. The number of phenolic OH excluding ortho intramolecular Hbond substituents is 2. The first-order valence-electron chi connectivity index (χ1n) is 3.03. The quantitative estimate of drug-likeness (QED) is 0.283. The molecule has 0 radical (unpaired) electrons. The molecule has 0 saturated heterocycles. The summed E-state index contributed by atoms with van der Waals surface area (Å²) in [6.07, 6.45) is 0. The van der Waals surface area contributed by atoms with E-state index in [-0.39, 0.29) is 11.5 Å². The summed E-state index contributed by atoms with van der Waals surface area (Å²) in [6.45, 7) is 0. The monoisotopic (exact) mass is 282 g/mol. The Kier molecular flexibility index (Phi) is 2.95. The van der Waals surface area contributed by atoms with Crippen molar-refractivity contribution in [1.82, 2.24) is 5.59 Å². The van der Waals surface area contributed by atoms with Crippen LogP contribution in [0.5, 0.6) is 11.5 Å². The van der Waals surface area contributed by atoms with Gasteiger partial charge in [0.05, 0.1) is 28.6 Å². The van der Waals surface area contributed by atoms with Crippen molar-refractivity contribution in [1.29, 1.82) is 0 Å². The normalized spacial score (nSPS) is 9.83. The van der Waals surface area contributed by atoms with Gasteiger partial charge < -0.3 is 10.2 Å². The van der Waals surface area contributed by atoms with Crippen LogP contribution in [0.1, 0.15) is 0 Å². The van der Waals surface area contributed by atoms with Gasteiger partial charge in [-0.2, -0.15) is 0 Å². The van der Waals surface area contributed by atoms with Crippen LogP contribution in [0.3, 0.4) is 0 Å². The molecule has 1 aromatic carbocycles. The molecule has 6 heteroatoms. The lowest BCUT2D eigenvalue weighted by atomic mass is 10.3. The standard InChI is InChI=1S/C6H7IN2O3/c7-9(8-12)4-1-2-5(10)6(11)3-4/h1-3,8,10-12H. The molecule has 0 atom stereocenters. The van der Waals surface area contributed by atoms with Crippen LogP contribution in [0.25, 0.3) is 0 Å². The maximum atomic E-state index is 9.06. The second kappa shape index (κ2) is 3.78. The first kappa shape index (κ1) is 9.36. The van der Waals surface area contributed by atoms with Crippen molar-refractivity contribution in [2.75, 3.05) is 3.22 Å². The van der Waals surface area contributed by atoms with Crippen molar-refractivity contribution >= 4 is 28.6 Å². The number of phenols is 2. The van der Waals surface area contributed by atoms with Gasteiger partial charge in [-0.05, 0) is 12.1 Å². The van der Waals surface area contributed by atoms with Gasteiger partial charge in [0.1, 0.15) is 0 Å². The zero-order valence-corrected chi connectivity index (χ0v) is 8.06. The Morgan fingerprint density at radius 3 is 2.42 bits per heavy atom. The van der Waals surface area contributed by atoms with Gasteiger partial charge in [-0.25, -0.2) is 3.22 Å². The van der Waals surface area contributed by atoms with Crippen molar-refractivity contribution in [2.24, 2.45) is 0 Å². The number of halogens is 1. The lowest BCUT2D eigenvalue weighted by Crippen LogP contribution is -2.24. The molecule has 1 aromatic rings. The maximum Gasteiger partial charge on any atom is 0.159 e. The Labute approximate surface area is 82.7 Å². The highest BCUT2D eigenvalue weighted by Gasteiger charge is 2.04. The Morgan fingerprint density at radius 2 is 1.92 bits per heavy atom. The van der Waals surface area contributed by atoms with Crippen molar-refractivity contribution in [3.8, 4) is 11.5 Å². The summed E-state index contributed by atoms with van der Waals surface area (Å²) in [5.41, 5.74) is 2.38. The molecule has 0 unspecified atom stereocenters.